The monoisotopic (exact) mass is 246 g/mol. The summed E-state index contributed by atoms with van der Waals surface area (Å²) in [4.78, 5) is 18.1. The molecule has 8 heteroatoms. The molecule has 0 spiro atoms. The predicted octanol–water partition coefficient (Wildman–Crippen LogP) is 0.366. The number of nitrogens with zero attached hydrogens (tertiary/aromatic N) is 2. The Labute approximate surface area is 94.4 Å². The van der Waals surface area contributed by atoms with Gasteiger partial charge in [-0.3, -0.25) is 4.79 Å². The van der Waals surface area contributed by atoms with Crippen LogP contribution in [0.1, 0.15) is 5.69 Å². The van der Waals surface area contributed by atoms with Crippen molar-refractivity contribution in [3.63, 3.8) is 0 Å². The molecule has 0 saturated heterocycles. The van der Waals surface area contributed by atoms with Crippen LogP contribution in [0.5, 0.6) is 0 Å². The number of aliphatic carboxylic acids is 1. The van der Waals surface area contributed by atoms with Crippen molar-refractivity contribution in [1.29, 1.82) is 0 Å². The first kappa shape index (κ1) is 11.8. The molecular formula is C7H10N4O2S2. The third-order valence-corrected chi connectivity index (χ3v) is 2.97. The molecule has 0 saturated carbocycles. The summed E-state index contributed by atoms with van der Waals surface area (Å²) in [5.74, 6) is -0.258. The summed E-state index contributed by atoms with van der Waals surface area (Å²) < 4.78 is 0. The minimum atomic E-state index is -0.834. The Bertz CT molecular complexity index is 373. The Morgan fingerprint density at radius 2 is 2.40 bits per heavy atom. The van der Waals surface area contributed by atoms with Gasteiger partial charge in [-0.25, -0.2) is 4.98 Å². The van der Waals surface area contributed by atoms with Crippen molar-refractivity contribution in [2.75, 3.05) is 5.75 Å². The van der Waals surface area contributed by atoms with E-state index in [2.05, 4.69) is 9.98 Å². The van der Waals surface area contributed by atoms with Gasteiger partial charge in [0.1, 0.15) is 0 Å². The fourth-order valence-electron chi connectivity index (χ4n) is 0.767. The minimum Gasteiger partial charge on any atom is -0.481 e. The second-order valence-electron chi connectivity index (χ2n) is 2.54. The lowest BCUT2D eigenvalue weighted by Gasteiger charge is -1.93. The molecular weight excluding hydrogens is 236 g/mol. The van der Waals surface area contributed by atoms with Gasteiger partial charge in [0, 0.05) is 11.1 Å². The van der Waals surface area contributed by atoms with Crippen LogP contribution in [0.15, 0.2) is 10.4 Å². The molecule has 0 aromatic carbocycles. The lowest BCUT2D eigenvalue weighted by atomic mass is 10.6. The summed E-state index contributed by atoms with van der Waals surface area (Å²) in [6, 6.07) is 0. The zero-order valence-electron chi connectivity index (χ0n) is 7.71. The third kappa shape index (κ3) is 4.66. The van der Waals surface area contributed by atoms with Crippen LogP contribution in [0, 0.1) is 0 Å². The van der Waals surface area contributed by atoms with E-state index in [4.69, 9.17) is 16.6 Å². The molecule has 5 N–H and O–H groups in total. The minimum absolute atomic E-state index is 0.0333. The first-order valence-electron chi connectivity index (χ1n) is 3.91. The topological polar surface area (TPSA) is 115 Å². The van der Waals surface area contributed by atoms with Gasteiger partial charge in [-0.1, -0.05) is 0 Å². The van der Waals surface area contributed by atoms with Crippen molar-refractivity contribution in [2.24, 2.45) is 16.5 Å². The molecule has 0 aliphatic rings. The van der Waals surface area contributed by atoms with Crippen molar-refractivity contribution in [2.45, 2.75) is 5.75 Å². The van der Waals surface area contributed by atoms with Gasteiger partial charge < -0.3 is 16.6 Å². The van der Waals surface area contributed by atoms with Crippen molar-refractivity contribution in [3.05, 3.63) is 11.1 Å². The number of guanidine groups is 1. The number of nitrogens with two attached hydrogens (primary N) is 2. The van der Waals surface area contributed by atoms with Crippen LogP contribution in [-0.4, -0.2) is 27.8 Å². The highest BCUT2D eigenvalue weighted by atomic mass is 32.2. The lowest BCUT2D eigenvalue weighted by molar-refractivity contribution is -0.133. The maximum Gasteiger partial charge on any atom is 0.313 e. The first-order chi connectivity index (χ1) is 7.08. The fraction of sp³-hybridized carbons (Fsp3) is 0.286. The Hall–Kier alpha value is -1.28. The Morgan fingerprint density at radius 1 is 1.67 bits per heavy atom. The summed E-state index contributed by atoms with van der Waals surface area (Å²) in [5, 5.41) is 10.7. The molecule has 0 aliphatic heterocycles. The van der Waals surface area contributed by atoms with E-state index in [-0.39, 0.29) is 11.7 Å². The number of hydrogen-bond acceptors (Lipinski definition) is 5. The SMILES string of the molecule is NC(N)=Nc1nc(CSCC(=O)O)cs1. The maximum absolute atomic E-state index is 10.2. The highest BCUT2D eigenvalue weighted by molar-refractivity contribution is 7.99. The molecule has 0 bridgehead atoms. The quantitative estimate of drug-likeness (QED) is 0.510. The van der Waals surface area contributed by atoms with Gasteiger partial charge in [0.05, 0.1) is 11.4 Å². The van der Waals surface area contributed by atoms with E-state index in [0.717, 1.165) is 5.69 Å². The molecule has 1 aromatic heterocycles. The average molecular weight is 246 g/mol. The predicted molar refractivity (Wildman–Crippen MR) is 61.4 cm³/mol. The molecule has 15 heavy (non-hydrogen) atoms. The number of rotatable bonds is 5. The fourth-order valence-corrected chi connectivity index (χ4v) is 2.21. The van der Waals surface area contributed by atoms with E-state index in [1.54, 1.807) is 5.38 Å². The largest absolute Gasteiger partial charge is 0.481 e. The van der Waals surface area contributed by atoms with Gasteiger partial charge in [0.2, 0.25) is 5.13 Å². The first-order valence-corrected chi connectivity index (χ1v) is 5.95. The van der Waals surface area contributed by atoms with E-state index in [0.29, 0.717) is 10.9 Å². The number of hydrogen-bond donors (Lipinski definition) is 3. The third-order valence-electron chi connectivity index (χ3n) is 1.24. The lowest BCUT2D eigenvalue weighted by Crippen LogP contribution is -2.21. The van der Waals surface area contributed by atoms with E-state index >= 15 is 0 Å². The summed E-state index contributed by atoms with van der Waals surface area (Å²) in [5.41, 5.74) is 11.2. The smallest absolute Gasteiger partial charge is 0.313 e. The summed E-state index contributed by atoms with van der Waals surface area (Å²) in [6.45, 7) is 0. The van der Waals surface area contributed by atoms with Gasteiger partial charge in [0.25, 0.3) is 0 Å². The Balaban J connectivity index is 2.46. The van der Waals surface area contributed by atoms with E-state index in [9.17, 15) is 4.79 Å². The summed E-state index contributed by atoms with van der Waals surface area (Å²) in [6.07, 6.45) is 0. The highest BCUT2D eigenvalue weighted by Gasteiger charge is 2.03. The van der Waals surface area contributed by atoms with Gasteiger partial charge in [-0.05, 0) is 0 Å². The number of aromatic nitrogens is 1. The number of aliphatic imine (C=N–C) groups is 1. The van der Waals surface area contributed by atoms with Crippen LogP contribution in [0.25, 0.3) is 0 Å². The standard InChI is InChI=1S/C7H10N4O2S2/c8-6(9)11-7-10-4(2-15-7)1-14-3-5(12)13/h2H,1,3H2,(H,12,13)(H4,8,9,10,11). The second-order valence-corrected chi connectivity index (χ2v) is 4.37. The van der Waals surface area contributed by atoms with Crippen molar-refractivity contribution >= 4 is 40.2 Å². The van der Waals surface area contributed by atoms with E-state index in [1.807, 2.05) is 0 Å². The van der Waals surface area contributed by atoms with E-state index in [1.165, 1.54) is 23.1 Å². The molecule has 0 aliphatic carbocycles. The average Bonchev–Trinajstić information content (AvgIpc) is 2.50. The normalized spacial score (nSPS) is 9.87. The molecule has 82 valence electrons. The Kier molecular flexibility index (Phi) is 4.37. The number of thioether (sulfide) groups is 1. The maximum atomic E-state index is 10.2. The van der Waals surface area contributed by atoms with Crippen molar-refractivity contribution < 1.29 is 9.90 Å². The van der Waals surface area contributed by atoms with Crippen LogP contribution >= 0.6 is 23.1 Å². The second kappa shape index (κ2) is 5.56. The van der Waals surface area contributed by atoms with Crippen LogP contribution in [0.3, 0.4) is 0 Å². The number of carboxylic acids is 1. The molecule has 1 heterocycles. The van der Waals surface area contributed by atoms with Gasteiger partial charge >= 0.3 is 5.97 Å². The number of carbonyl (C=O) groups is 1. The van der Waals surface area contributed by atoms with Gasteiger partial charge in [0.15, 0.2) is 5.96 Å². The summed E-state index contributed by atoms with van der Waals surface area (Å²) >= 11 is 2.60. The number of thiazole rings is 1. The van der Waals surface area contributed by atoms with E-state index < -0.39 is 5.97 Å². The van der Waals surface area contributed by atoms with Crippen LogP contribution in [0.2, 0.25) is 0 Å². The van der Waals surface area contributed by atoms with Gasteiger partial charge in [-0.15, -0.1) is 23.1 Å². The van der Waals surface area contributed by atoms with Crippen LogP contribution in [-0.2, 0) is 10.5 Å². The zero-order chi connectivity index (χ0) is 11.3. The highest BCUT2D eigenvalue weighted by Crippen LogP contribution is 2.21. The zero-order valence-corrected chi connectivity index (χ0v) is 9.35. The molecule has 0 atom stereocenters. The van der Waals surface area contributed by atoms with Crippen LogP contribution in [0.4, 0.5) is 5.13 Å². The number of carboxylic acid groups (broad SMARTS) is 1. The van der Waals surface area contributed by atoms with Crippen molar-refractivity contribution in [3.8, 4) is 0 Å². The molecule has 0 unspecified atom stereocenters. The molecule has 1 rings (SSSR count). The molecule has 6 nitrogen and oxygen atoms in total. The van der Waals surface area contributed by atoms with Crippen LogP contribution < -0.4 is 11.5 Å². The Morgan fingerprint density at radius 3 is 3.00 bits per heavy atom. The summed E-state index contributed by atoms with van der Waals surface area (Å²) in [7, 11) is 0. The van der Waals surface area contributed by atoms with Gasteiger partial charge in [-0.2, -0.15) is 4.99 Å². The molecule has 1 aromatic rings. The molecule has 0 amide bonds. The molecule has 0 radical (unpaired) electrons. The molecule has 0 fully saturated rings. The van der Waals surface area contributed by atoms with Crippen molar-refractivity contribution in [1.82, 2.24) is 4.98 Å².